The molecule has 0 radical (unpaired) electrons. The highest BCUT2D eigenvalue weighted by Crippen LogP contribution is 2.21. The van der Waals surface area contributed by atoms with E-state index in [4.69, 9.17) is 9.84 Å². The number of rotatable bonds is 8. The zero-order valence-corrected chi connectivity index (χ0v) is 12.7. The zero-order chi connectivity index (χ0) is 15.8. The van der Waals surface area contributed by atoms with Crippen LogP contribution < -0.4 is 5.32 Å². The minimum atomic E-state index is -0.144. The number of aromatic nitrogens is 2. The number of aryl methyl sites for hydroxylation is 1. The third-order valence-electron chi connectivity index (χ3n) is 3.11. The Balaban J connectivity index is 1.96. The molecule has 0 aliphatic carbocycles. The first kappa shape index (κ1) is 16.2. The number of hydrogen-bond acceptors (Lipinski definition) is 4. The van der Waals surface area contributed by atoms with Gasteiger partial charge in [0.2, 0.25) is 0 Å². The van der Waals surface area contributed by atoms with E-state index in [0.29, 0.717) is 37.4 Å². The number of carbonyl (C=O) groups excluding carboxylic acids is 1. The SMILES string of the molecule is Cn1cc(C(=O)NCCCOCCO)c(-c2ccccc2)n1. The van der Waals surface area contributed by atoms with E-state index in [2.05, 4.69) is 10.4 Å². The molecule has 0 aliphatic rings. The van der Waals surface area contributed by atoms with Gasteiger partial charge < -0.3 is 15.2 Å². The predicted molar refractivity (Wildman–Crippen MR) is 83.5 cm³/mol. The summed E-state index contributed by atoms with van der Waals surface area (Å²) in [5.74, 6) is -0.144. The van der Waals surface area contributed by atoms with Crippen molar-refractivity contribution in [2.75, 3.05) is 26.4 Å². The Morgan fingerprint density at radius 3 is 2.82 bits per heavy atom. The van der Waals surface area contributed by atoms with Gasteiger partial charge in [-0.2, -0.15) is 5.10 Å². The maximum Gasteiger partial charge on any atom is 0.255 e. The van der Waals surface area contributed by atoms with Gasteiger partial charge in [0.25, 0.3) is 5.91 Å². The van der Waals surface area contributed by atoms with Crippen molar-refractivity contribution in [2.45, 2.75) is 6.42 Å². The van der Waals surface area contributed by atoms with E-state index in [-0.39, 0.29) is 12.5 Å². The van der Waals surface area contributed by atoms with Crippen molar-refractivity contribution < 1.29 is 14.6 Å². The fourth-order valence-electron chi connectivity index (χ4n) is 2.10. The van der Waals surface area contributed by atoms with Crippen LogP contribution in [0.3, 0.4) is 0 Å². The summed E-state index contributed by atoms with van der Waals surface area (Å²) in [5, 5.41) is 15.8. The molecule has 1 aromatic heterocycles. The van der Waals surface area contributed by atoms with Crippen LogP contribution in [0.25, 0.3) is 11.3 Å². The molecule has 0 saturated carbocycles. The first-order valence-corrected chi connectivity index (χ1v) is 7.28. The van der Waals surface area contributed by atoms with Crippen LogP contribution >= 0.6 is 0 Å². The van der Waals surface area contributed by atoms with Crippen LogP contribution in [0.1, 0.15) is 16.8 Å². The van der Waals surface area contributed by atoms with Crippen molar-refractivity contribution >= 4 is 5.91 Å². The second-order valence-electron chi connectivity index (χ2n) is 4.88. The van der Waals surface area contributed by atoms with Gasteiger partial charge in [0.05, 0.1) is 18.8 Å². The van der Waals surface area contributed by atoms with Crippen molar-refractivity contribution in [3.05, 3.63) is 42.1 Å². The average Bonchev–Trinajstić information content (AvgIpc) is 2.93. The molecule has 118 valence electrons. The first-order chi connectivity index (χ1) is 10.7. The fourth-order valence-corrected chi connectivity index (χ4v) is 2.10. The van der Waals surface area contributed by atoms with Gasteiger partial charge in [0.15, 0.2) is 0 Å². The lowest BCUT2D eigenvalue weighted by molar-refractivity contribution is 0.0868. The Morgan fingerprint density at radius 1 is 1.32 bits per heavy atom. The van der Waals surface area contributed by atoms with E-state index < -0.39 is 0 Å². The van der Waals surface area contributed by atoms with Crippen molar-refractivity contribution in [1.82, 2.24) is 15.1 Å². The van der Waals surface area contributed by atoms with E-state index in [1.54, 1.807) is 17.9 Å². The molecule has 0 atom stereocenters. The number of amides is 1. The Bertz CT molecular complexity index is 596. The topological polar surface area (TPSA) is 76.4 Å². The van der Waals surface area contributed by atoms with Crippen LogP contribution in [-0.4, -0.2) is 47.2 Å². The molecule has 6 nitrogen and oxygen atoms in total. The number of benzene rings is 1. The molecule has 22 heavy (non-hydrogen) atoms. The quantitative estimate of drug-likeness (QED) is 0.719. The van der Waals surface area contributed by atoms with Gasteiger partial charge in [-0.15, -0.1) is 0 Å². The molecule has 0 spiro atoms. The summed E-state index contributed by atoms with van der Waals surface area (Å²) in [6, 6.07) is 9.64. The molecule has 0 fully saturated rings. The Hall–Kier alpha value is -2.18. The van der Waals surface area contributed by atoms with Gasteiger partial charge in [0.1, 0.15) is 5.69 Å². The zero-order valence-electron chi connectivity index (χ0n) is 12.7. The monoisotopic (exact) mass is 303 g/mol. The second-order valence-corrected chi connectivity index (χ2v) is 4.88. The van der Waals surface area contributed by atoms with Crippen molar-refractivity contribution in [3.8, 4) is 11.3 Å². The molecule has 0 bridgehead atoms. The fraction of sp³-hybridized carbons (Fsp3) is 0.375. The van der Waals surface area contributed by atoms with Crippen molar-refractivity contribution in [1.29, 1.82) is 0 Å². The molecule has 1 amide bonds. The third-order valence-corrected chi connectivity index (χ3v) is 3.11. The highest BCUT2D eigenvalue weighted by atomic mass is 16.5. The van der Waals surface area contributed by atoms with E-state index in [1.807, 2.05) is 30.3 Å². The van der Waals surface area contributed by atoms with Gasteiger partial charge in [0, 0.05) is 32.0 Å². The maximum absolute atomic E-state index is 12.3. The molecule has 2 rings (SSSR count). The van der Waals surface area contributed by atoms with Crippen LogP contribution in [-0.2, 0) is 11.8 Å². The molecule has 0 unspecified atom stereocenters. The van der Waals surface area contributed by atoms with Crippen LogP contribution in [0.4, 0.5) is 0 Å². The predicted octanol–water partition coefficient (Wildman–Crippen LogP) is 1.22. The van der Waals surface area contributed by atoms with Crippen LogP contribution in [0.5, 0.6) is 0 Å². The van der Waals surface area contributed by atoms with Crippen LogP contribution in [0, 0.1) is 0 Å². The normalized spacial score (nSPS) is 10.6. The van der Waals surface area contributed by atoms with E-state index in [1.165, 1.54) is 0 Å². The summed E-state index contributed by atoms with van der Waals surface area (Å²) in [6.45, 7) is 1.38. The minimum Gasteiger partial charge on any atom is -0.394 e. The molecular formula is C16H21N3O3. The first-order valence-electron chi connectivity index (χ1n) is 7.28. The molecule has 2 N–H and O–H groups in total. The number of aliphatic hydroxyl groups excluding tert-OH is 1. The van der Waals surface area contributed by atoms with Crippen molar-refractivity contribution in [2.24, 2.45) is 7.05 Å². The number of nitrogens with one attached hydrogen (secondary N) is 1. The number of nitrogens with zero attached hydrogens (tertiary/aromatic N) is 2. The van der Waals surface area contributed by atoms with Crippen LogP contribution in [0.15, 0.2) is 36.5 Å². The number of hydrogen-bond donors (Lipinski definition) is 2. The maximum atomic E-state index is 12.3. The van der Waals surface area contributed by atoms with Crippen LogP contribution in [0.2, 0.25) is 0 Å². The molecule has 0 saturated heterocycles. The Kier molecular flexibility index (Phi) is 6.12. The van der Waals surface area contributed by atoms with Crippen molar-refractivity contribution in [3.63, 3.8) is 0 Å². The van der Waals surface area contributed by atoms with E-state index >= 15 is 0 Å². The summed E-state index contributed by atoms with van der Waals surface area (Å²) in [5.41, 5.74) is 2.15. The summed E-state index contributed by atoms with van der Waals surface area (Å²) >= 11 is 0. The van der Waals surface area contributed by atoms with Gasteiger partial charge in [-0.05, 0) is 6.42 Å². The summed E-state index contributed by atoms with van der Waals surface area (Å²) < 4.78 is 6.79. The van der Waals surface area contributed by atoms with E-state index in [0.717, 1.165) is 5.56 Å². The highest BCUT2D eigenvalue weighted by Gasteiger charge is 2.16. The molecule has 1 heterocycles. The highest BCUT2D eigenvalue weighted by molar-refractivity contribution is 5.99. The minimum absolute atomic E-state index is 0.0163. The number of ether oxygens (including phenoxy) is 1. The Labute approximate surface area is 129 Å². The standard InChI is InChI=1S/C16H21N3O3/c1-19-12-14(15(18-19)13-6-3-2-4-7-13)16(21)17-8-5-10-22-11-9-20/h2-4,6-7,12,20H,5,8-11H2,1H3,(H,17,21). The smallest absolute Gasteiger partial charge is 0.255 e. The second kappa shape index (κ2) is 8.31. The van der Waals surface area contributed by atoms with Gasteiger partial charge >= 0.3 is 0 Å². The largest absolute Gasteiger partial charge is 0.394 e. The van der Waals surface area contributed by atoms with E-state index in [9.17, 15) is 4.79 Å². The summed E-state index contributed by atoms with van der Waals surface area (Å²) in [4.78, 5) is 12.3. The van der Waals surface area contributed by atoms with Gasteiger partial charge in [-0.25, -0.2) is 0 Å². The third kappa shape index (κ3) is 4.41. The molecule has 6 heteroatoms. The molecule has 1 aromatic carbocycles. The molecular weight excluding hydrogens is 282 g/mol. The molecule has 0 aliphatic heterocycles. The molecule has 2 aromatic rings. The lowest BCUT2D eigenvalue weighted by Crippen LogP contribution is -2.25. The number of carbonyl (C=O) groups is 1. The lowest BCUT2D eigenvalue weighted by atomic mass is 10.1. The summed E-state index contributed by atoms with van der Waals surface area (Å²) in [6.07, 6.45) is 2.42. The lowest BCUT2D eigenvalue weighted by Gasteiger charge is -2.06. The van der Waals surface area contributed by atoms with Gasteiger partial charge in [-0.1, -0.05) is 30.3 Å². The van der Waals surface area contributed by atoms with Gasteiger partial charge in [-0.3, -0.25) is 9.48 Å². The Morgan fingerprint density at radius 2 is 2.09 bits per heavy atom. The average molecular weight is 303 g/mol. The number of aliphatic hydroxyl groups is 1. The summed E-state index contributed by atoms with van der Waals surface area (Å²) in [7, 11) is 1.80.